The van der Waals surface area contributed by atoms with Crippen molar-refractivity contribution in [1.82, 2.24) is 9.97 Å². The van der Waals surface area contributed by atoms with Gasteiger partial charge in [0, 0.05) is 30.6 Å². The van der Waals surface area contributed by atoms with Gasteiger partial charge in [0.25, 0.3) is 0 Å². The van der Waals surface area contributed by atoms with E-state index in [1.54, 1.807) is 12.4 Å². The lowest BCUT2D eigenvalue weighted by Crippen LogP contribution is -2.38. The molecule has 0 radical (unpaired) electrons. The molecule has 3 nitrogen and oxygen atoms in total. The number of nitrogens with zero attached hydrogens (tertiary/aromatic N) is 2. The summed E-state index contributed by atoms with van der Waals surface area (Å²) in [6.45, 7) is 4.62. The molecule has 82 valence electrons. The summed E-state index contributed by atoms with van der Waals surface area (Å²) in [7, 11) is 0. The Hall–Kier alpha value is -0.960. The summed E-state index contributed by atoms with van der Waals surface area (Å²) < 4.78 is 0. The van der Waals surface area contributed by atoms with Crippen molar-refractivity contribution in [3.8, 4) is 0 Å². The second-order valence-electron chi connectivity index (χ2n) is 5.31. The van der Waals surface area contributed by atoms with Gasteiger partial charge in [0.2, 0.25) is 0 Å². The third-order valence-corrected chi connectivity index (χ3v) is 3.41. The molecule has 0 aliphatic heterocycles. The summed E-state index contributed by atoms with van der Waals surface area (Å²) in [5, 5.41) is 0. The van der Waals surface area contributed by atoms with E-state index in [1.807, 2.05) is 6.20 Å². The van der Waals surface area contributed by atoms with Crippen molar-refractivity contribution in [2.75, 3.05) is 0 Å². The van der Waals surface area contributed by atoms with Crippen LogP contribution in [0.15, 0.2) is 18.6 Å². The minimum Gasteiger partial charge on any atom is -0.327 e. The van der Waals surface area contributed by atoms with E-state index in [-0.39, 0.29) is 6.04 Å². The molecule has 3 heteroatoms. The average Bonchev–Trinajstić information content (AvgIpc) is 2.23. The molecule has 1 aliphatic carbocycles. The van der Waals surface area contributed by atoms with Gasteiger partial charge in [0.1, 0.15) is 0 Å². The van der Waals surface area contributed by atoms with E-state index in [0.29, 0.717) is 11.3 Å². The quantitative estimate of drug-likeness (QED) is 0.763. The molecule has 2 rings (SSSR count). The summed E-state index contributed by atoms with van der Waals surface area (Å²) in [6.07, 6.45) is 8.74. The van der Waals surface area contributed by atoms with Gasteiger partial charge in [-0.15, -0.1) is 0 Å². The van der Waals surface area contributed by atoms with Crippen LogP contribution in [0.3, 0.4) is 0 Å². The monoisotopic (exact) mass is 205 g/mol. The Morgan fingerprint density at radius 1 is 1.40 bits per heavy atom. The summed E-state index contributed by atoms with van der Waals surface area (Å²) in [5.74, 6) is 0.377. The maximum atomic E-state index is 6.16. The Morgan fingerprint density at radius 3 is 2.87 bits per heavy atom. The maximum absolute atomic E-state index is 6.16. The number of hydrogen-bond acceptors (Lipinski definition) is 3. The normalized spacial score (nSPS) is 30.1. The van der Waals surface area contributed by atoms with E-state index in [0.717, 1.165) is 18.5 Å². The first-order chi connectivity index (χ1) is 7.08. The highest BCUT2D eigenvalue weighted by Gasteiger charge is 2.34. The zero-order valence-corrected chi connectivity index (χ0v) is 9.48. The van der Waals surface area contributed by atoms with Gasteiger partial charge in [-0.3, -0.25) is 9.97 Å². The molecule has 2 atom stereocenters. The lowest BCUT2D eigenvalue weighted by atomic mass is 9.69. The fraction of sp³-hybridized carbons (Fsp3) is 0.667. The fourth-order valence-corrected chi connectivity index (χ4v) is 2.43. The van der Waals surface area contributed by atoms with E-state index in [9.17, 15) is 0 Å². The summed E-state index contributed by atoms with van der Waals surface area (Å²) in [4.78, 5) is 8.50. The molecule has 2 unspecified atom stereocenters. The zero-order chi connectivity index (χ0) is 10.9. The van der Waals surface area contributed by atoms with Gasteiger partial charge in [-0.25, -0.2) is 0 Å². The molecule has 1 saturated carbocycles. The first-order valence-corrected chi connectivity index (χ1v) is 5.60. The van der Waals surface area contributed by atoms with Crippen molar-refractivity contribution in [3.05, 3.63) is 24.3 Å². The summed E-state index contributed by atoms with van der Waals surface area (Å²) >= 11 is 0. The van der Waals surface area contributed by atoms with Gasteiger partial charge < -0.3 is 5.73 Å². The summed E-state index contributed by atoms with van der Waals surface area (Å²) in [5.41, 5.74) is 7.60. The molecule has 0 bridgehead atoms. The van der Waals surface area contributed by atoms with Crippen LogP contribution in [0.5, 0.6) is 0 Å². The highest BCUT2D eigenvalue weighted by atomic mass is 14.8. The van der Waals surface area contributed by atoms with Crippen molar-refractivity contribution < 1.29 is 0 Å². The second kappa shape index (κ2) is 3.89. The summed E-state index contributed by atoms with van der Waals surface area (Å²) in [6, 6.07) is 0.245. The predicted octanol–water partition coefficient (Wildman–Crippen LogP) is 2.10. The Labute approximate surface area is 91.1 Å². The minimum absolute atomic E-state index is 0.245. The smallest absolute Gasteiger partial charge is 0.0633 e. The minimum atomic E-state index is 0.245. The van der Waals surface area contributed by atoms with Gasteiger partial charge in [-0.05, 0) is 24.7 Å². The van der Waals surface area contributed by atoms with Gasteiger partial charge in [-0.1, -0.05) is 13.8 Å². The Balaban J connectivity index is 2.20. The standard InChI is InChI=1S/C12H19N3/c1-12(2)4-3-10(13)9(7-12)11-8-14-5-6-15-11/h5-6,8-10H,3-4,7,13H2,1-2H3. The molecule has 1 aromatic rings. The van der Waals surface area contributed by atoms with Crippen molar-refractivity contribution in [3.63, 3.8) is 0 Å². The molecule has 0 aromatic carbocycles. The van der Waals surface area contributed by atoms with Gasteiger partial charge >= 0.3 is 0 Å². The number of nitrogens with two attached hydrogens (primary N) is 1. The Kier molecular flexibility index (Phi) is 2.74. The highest BCUT2D eigenvalue weighted by molar-refractivity contribution is 5.10. The van der Waals surface area contributed by atoms with Crippen molar-refractivity contribution in [2.24, 2.45) is 11.1 Å². The average molecular weight is 205 g/mol. The topological polar surface area (TPSA) is 51.8 Å². The van der Waals surface area contributed by atoms with E-state index >= 15 is 0 Å². The maximum Gasteiger partial charge on any atom is 0.0633 e. The van der Waals surface area contributed by atoms with Gasteiger partial charge in [-0.2, -0.15) is 0 Å². The number of aromatic nitrogens is 2. The van der Waals surface area contributed by atoms with Crippen molar-refractivity contribution in [2.45, 2.75) is 45.1 Å². The van der Waals surface area contributed by atoms with E-state index in [4.69, 9.17) is 5.73 Å². The molecule has 0 amide bonds. The molecule has 0 spiro atoms. The molecular formula is C12H19N3. The first kappa shape index (κ1) is 10.6. The third kappa shape index (κ3) is 2.34. The van der Waals surface area contributed by atoms with Crippen LogP contribution >= 0.6 is 0 Å². The molecule has 1 fully saturated rings. The molecule has 1 aliphatic rings. The van der Waals surface area contributed by atoms with Gasteiger partial charge in [0.15, 0.2) is 0 Å². The van der Waals surface area contributed by atoms with Crippen LogP contribution in [-0.4, -0.2) is 16.0 Å². The molecular weight excluding hydrogens is 186 g/mol. The second-order valence-corrected chi connectivity index (χ2v) is 5.31. The first-order valence-electron chi connectivity index (χ1n) is 5.60. The van der Waals surface area contributed by atoms with Crippen molar-refractivity contribution >= 4 is 0 Å². The Bertz CT molecular complexity index is 321. The van der Waals surface area contributed by atoms with Crippen LogP contribution in [0.1, 0.15) is 44.7 Å². The lowest BCUT2D eigenvalue weighted by Gasteiger charge is -2.38. The van der Waals surface area contributed by atoms with Crippen LogP contribution in [-0.2, 0) is 0 Å². The molecule has 0 saturated heterocycles. The zero-order valence-electron chi connectivity index (χ0n) is 9.48. The van der Waals surface area contributed by atoms with Crippen LogP contribution in [0.4, 0.5) is 0 Å². The van der Waals surface area contributed by atoms with E-state index in [1.165, 1.54) is 6.42 Å². The SMILES string of the molecule is CC1(C)CCC(N)C(c2cnccn2)C1. The number of hydrogen-bond donors (Lipinski definition) is 1. The van der Waals surface area contributed by atoms with Crippen LogP contribution in [0, 0.1) is 5.41 Å². The fourth-order valence-electron chi connectivity index (χ4n) is 2.43. The van der Waals surface area contributed by atoms with Crippen LogP contribution < -0.4 is 5.73 Å². The molecule has 1 heterocycles. The third-order valence-electron chi connectivity index (χ3n) is 3.41. The van der Waals surface area contributed by atoms with E-state index in [2.05, 4.69) is 23.8 Å². The largest absolute Gasteiger partial charge is 0.327 e. The van der Waals surface area contributed by atoms with Crippen LogP contribution in [0.2, 0.25) is 0 Å². The van der Waals surface area contributed by atoms with Gasteiger partial charge in [0.05, 0.1) is 5.69 Å². The number of rotatable bonds is 1. The highest BCUT2D eigenvalue weighted by Crippen LogP contribution is 2.41. The lowest BCUT2D eigenvalue weighted by molar-refractivity contribution is 0.196. The van der Waals surface area contributed by atoms with Crippen molar-refractivity contribution in [1.29, 1.82) is 0 Å². The molecule has 15 heavy (non-hydrogen) atoms. The Morgan fingerprint density at radius 2 is 2.20 bits per heavy atom. The molecule has 1 aromatic heterocycles. The van der Waals surface area contributed by atoms with E-state index < -0.39 is 0 Å². The molecule has 2 N–H and O–H groups in total. The predicted molar refractivity (Wildman–Crippen MR) is 60.4 cm³/mol. The van der Waals surface area contributed by atoms with Crippen LogP contribution in [0.25, 0.3) is 0 Å².